The highest BCUT2D eigenvalue weighted by molar-refractivity contribution is 5.72. The van der Waals surface area contributed by atoms with Gasteiger partial charge >= 0.3 is 0 Å². The fourth-order valence-electron chi connectivity index (χ4n) is 4.25. The van der Waals surface area contributed by atoms with Crippen LogP contribution in [0.25, 0.3) is 11.3 Å². The Morgan fingerprint density at radius 1 is 1.14 bits per heavy atom. The van der Waals surface area contributed by atoms with Crippen LogP contribution >= 0.6 is 0 Å². The van der Waals surface area contributed by atoms with E-state index in [2.05, 4.69) is 33.7 Å². The monoisotopic (exact) mass is 511 g/mol. The number of nitrogens with zero attached hydrogens (tertiary/aromatic N) is 5. The molecule has 4 rings (SSSR count). The summed E-state index contributed by atoms with van der Waals surface area (Å²) < 4.78 is 41.9. The smallest absolute Gasteiger partial charge is 0.179 e. The van der Waals surface area contributed by atoms with Crippen molar-refractivity contribution in [1.29, 1.82) is 0 Å². The van der Waals surface area contributed by atoms with Crippen LogP contribution in [0.3, 0.4) is 0 Å². The van der Waals surface area contributed by atoms with Gasteiger partial charge in [-0.3, -0.25) is 4.98 Å². The van der Waals surface area contributed by atoms with Crippen molar-refractivity contribution in [3.8, 4) is 22.8 Å². The number of aromatic nitrogens is 3. The molecule has 0 aliphatic carbocycles. The van der Waals surface area contributed by atoms with E-state index in [1.165, 1.54) is 6.07 Å². The molecule has 0 saturated heterocycles. The predicted octanol–water partition coefficient (Wildman–Crippen LogP) is 5.12. The number of halogens is 2. The molecule has 0 amide bonds. The van der Waals surface area contributed by atoms with E-state index < -0.39 is 17.2 Å². The summed E-state index contributed by atoms with van der Waals surface area (Å²) in [4.78, 5) is 17.2. The molecule has 7 nitrogen and oxygen atoms in total. The molecule has 0 fully saturated rings. The first-order valence-corrected chi connectivity index (χ1v) is 12.6. The van der Waals surface area contributed by atoms with Crippen molar-refractivity contribution in [3.63, 3.8) is 0 Å². The maximum Gasteiger partial charge on any atom is 0.179 e. The van der Waals surface area contributed by atoms with Crippen LogP contribution in [0.2, 0.25) is 0 Å². The van der Waals surface area contributed by atoms with Gasteiger partial charge in [-0.1, -0.05) is 6.92 Å². The Morgan fingerprint density at radius 3 is 2.59 bits per heavy atom. The lowest BCUT2D eigenvalue weighted by atomic mass is 10.00. The topological polar surface area (TPSA) is 63.6 Å². The number of rotatable bonds is 9. The molecule has 0 spiro atoms. The van der Waals surface area contributed by atoms with Crippen LogP contribution in [0.5, 0.6) is 11.5 Å². The highest BCUT2D eigenvalue weighted by atomic mass is 19.1. The van der Waals surface area contributed by atoms with E-state index in [1.807, 2.05) is 45.0 Å². The summed E-state index contributed by atoms with van der Waals surface area (Å²) in [6, 6.07) is 6.86. The molecule has 37 heavy (non-hydrogen) atoms. The third-order valence-electron chi connectivity index (χ3n) is 6.40. The Balaban J connectivity index is 1.60. The Kier molecular flexibility index (Phi) is 7.92. The number of benzene rings is 1. The van der Waals surface area contributed by atoms with E-state index in [0.29, 0.717) is 48.1 Å². The van der Waals surface area contributed by atoms with Gasteiger partial charge in [-0.2, -0.15) is 0 Å². The van der Waals surface area contributed by atoms with Crippen LogP contribution in [0, 0.1) is 11.6 Å². The average Bonchev–Trinajstić information content (AvgIpc) is 2.85. The van der Waals surface area contributed by atoms with Gasteiger partial charge in [0.2, 0.25) is 0 Å². The molecule has 0 N–H and O–H groups in total. The van der Waals surface area contributed by atoms with Crippen LogP contribution in [0.1, 0.15) is 45.6 Å². The lowest BCUT2D eigenvalue weighted by Crippen LogP contribution is -2.50. The van der Waals surface area contributed by atoms with Crippen LogP contribution in [0.4, 0.5) is 14.5 Å². The lowest BCUT2D eigenvalue weighted by molar-refractivity contribution is 0.0960. The van der Waals surface area contributed by atoms with E-state index >= 15 is 4.39 Å². The van der Waals surface area contributed by atoms with Crippen molar-refractivity contribution < 1.29 is 18.3 Å². The molecule has 3 heterocycles. The molecular formula is C28H35F2N5O2. The van der Waals surface area contributed by atoms with Crippen LogP contribution in [-0.4, -0.2) is 65.3 Å². The minimum Gasteiger partial charge on any atom is -0.491 e. The maximum absolute atomic E-state index is 15.3. The first-order chi connectivity index (χ1) is 17.6. The second-order valence-electron chi connectivity index (χ2n) is 10.3. The van der Waals surface area contributed by atoms with Crippen molar-refractivity contribution >= 4 is 5.69 Å². The lowest BCUT2D eigenvalue weighted by Gasteiger charge is -2.44. The van der Waals surface area contributed by atoms with E-state index in [-0.39, 0.29) is 17.5 Å². The minimum atomic E-state index is -0.618. The van der Waals surface area contributed by atoms with Crippen LogP contribution in [0.15, 0.2) is 36.7 Å². The van der Waals surface area contributed by atoms with E-state index in [1.54, 1.807) is 12.3 Å². The molecule has 198 valence electrons. The van der Waals surface area contributed by atoms with Crippen molar-refractivity contribution in [1.82, 2.24) is 19.9 Å². The first-order valence-electron chi connectivity index (χ1n) is 12.6. The van der Waals surface area contributed by atoms with Gasteiger partial charge in [0.05, 0.1) is 31.0 Å². The van der Waals surface area contributed by atoms with Crippen molar-refractivity contribution in [3.05, 3.63) is 59.8 Å². The first kappa shape index (κ1) is 26.7. The zero-order valence-electron chi connectivity index (χ0n) is 22.4. The summed E-state index contributed by atoms with van der Waals surface area (Å²) in [6.07, 6.45) is 3.95. The van der Waals surface area contributed by atoms with Gasteiger partial charge in [-0.25, -0.2) is 18.7 Å². The van der Waals surface area contributed by atoms with Gasteiger partial charge < -0.3 is 19.3 Å². The largest absolute Gasteiger partial charge is 0.491 e. The van der Waals surface area contributed by atoms with Crippen molar-refractivity contribution in [2.45, 2.75) is 52.2 Å². The standard InChI is InChI=1S/C28H35F2N5O2/c1-7-18(2)35-17-28(3,4)37-27-22(29)12-19(13-24(27)35)26-23(30)16-32-25(33-26)14-20-8-9-21(15-31-20)36-11-10-34(5)6/h8-9,12-13,15-16,18H,7,10-11,14,17H2,1-6H3. The zero-order valence-corrected chi connectivity index (χ0v) is 22.4. The quantitative estimate of drug-likeness (QED) is 0.395. The number of anilines is 1. The highest BCUT2D eigenvalue weighted by Gasteiger charge is 2.36. The van der Waals surface area contributed by atoms with Crippen molar-refractivity contribution in [2.75, 3.05) is 38.7 Å². The number of likely N-dealkylation sites (N-methyl/N-ethyl adjacent to an activating group) is 1. The number of hydrogen-bond acceptors (Lipinski definition) is 7. The van der Waals surface area contributed by atoms with E-state index in [9.17, 15) is 4.39 Å². The van der Waals surface area contributed by atoms with Crippen LogP contribution < -0.4 is 14.4 Å². The van der Waals surface area contributed by atoms with E-state index in [0.717, 1.165) is 19.2 Å². The SMILES string of the molecule is CCC(C)N1CC(C)(C)Oc2c(F)cc(-c3nc(Cc4ccc(OCCN(C)C)cn4)ncc3F)cc21. The minimum absolute atomic E-state index is 0.0456. The molecule has 1 unspecified atom stereocenters. The second kappa shape index (κ2) is 11.0. The number of fused-ring (bicyclic) bond motifs is 1. The zero-order chi connectivity index (χ0) is 26.7. The molecule has 0 radical (unpaired) electrons. The molecule has 0 saturated carbocycles. The van der Waals surface area contributed by atoms with Gasteiger partial charge in [0.1, 0.15) is 29.5 Å². The Labute approximate surface area is 217 Å². The van der Waals surface area contributed by atoms with Gasteiger partial charge in [0.15, 0.2) is 17.4 Å². The highest BCUT2D eigenvalue weighted by Crippen LogP contribution is 2.43. The molecule has 1 aromatic carbocycles. The Bertz CT molecular complexity index is 1230. The molecule has 3 aromatic rings. The van der Waals surface area contributed by atoms with Gasteiger partial charge in [0, 0.05) is 23.8 Å². The normalized spacial score (nSPS) is 15.3. The third kappa shape index (κ3) is 6.33. The van der Waals surface area contributed by atoms with Crippen molar-refractivity contribution in [2.24, 2.45) is 0 Å². The fraction of sp³-hybridized carbons (Fsp3) is 0.464. The molecule has 1 atom stereocenters. The molecule has 0 bridgehead atoms. The molecular weight excluding hydrogens is 476 g/mol. The maximum atomic E-state index is 15.3. The second-order valence-corrected chi connectivity index (χ2v) is 10.3. The third-order valence-corrected chi connectivity index (χ3v) is 6.40. The summed E-state index contributed by atoms with van der Waals surface area (Å²) in [5.74, 6) is 0.0890. The van der Waals surface area contributed by atoms with E-state index in [4.69, 9.17) is 9.47 Å². The molecule has 1 aliphatic rings. The number of hydrogen-bond donors (Lipinski definition) is 0. The summed E-state index contributed by atoms with van der Waals surface area (Å²) in [5.41, 5.74) is 1.16. The summed E-state index contributed by atoms with van der Waals surface area (Å²) >= 11 is 0. The fourth-order valence-corrected chi connectivity index (χ4v) is 4.25. The summed E-state index contributed by atoms with van der Waals surface area (Å²) in [5, 5.41) is 0. The van der Waals surface area contributed by atoms with Gasteiger partial charge in [0.25, 0.3) is 0 Å². The number of pyridine rings is 1. The molecule has 1 aliphatic heterocycles. The molecule has 9 heteroatoms. The van der Waals surface area contributed by atoms with Gasteiger partial charge in [-0.15, -0.1) is 0 Å². The average molecular weight is 512 g/mol. The Morgan fingerprint density at radius 2 is 1.92 bits per heavy atom. The number of ether oxygens (including phenoxy) is 2. The predicted molar refractivity (Wildman–Crippen MR) is 140 cm³/mol. The van der Waals surface area contributed by atoms with Crippen LogP contribution in [-0.2, 0) is 6.42 Å². The Hall–Kier alpha value is -3.33. The molecule has 2 aromatic heterocycles. The summed E-state index contributed by atoms with van der Waals surface area (Å²) in [6.45, 7) is 10.0. The van der Waals surface area contributed by atoms with Gasteiger partial charge in [-0.05, 0) is 65.6 Å². The summed E-state index contributed by atoms with van der Waals surface area (Å²) in [7, 11) is 3.97.